The molecule has 0 spiro atoms. The summed E-state index contributed by atoms with van der Waals surface area (Å²) in [6.45, 7) is -0.188. The summed E-state index contributed by atoms with van der Waals surface area (Å²) in [7, 11) is -0.970. The first-order valence-electron chi connectivity index (χ1n) is 10.4. The van der Waals surface area contributed by atoms with E-state index in [1.54, 1.807) is 18.2 Å². The lowest BCUT2D eigenvalue weighted by molar-refractivity contribution is -0.143. The zero-order valence-electron chi connectivity index (χ0n) is 20.3. The molecule has 212 valence electrons. The van der Waals surface area contributed by atoms with Gasteiger partial charge in [-0.1, -0.05) is 17.7 Å². The Morgan fingerprint density at radius 1 is 1.00 bits per heavy atom. The van der Waals surface area contributed by atoms with Crippen LogP contribution in [0.3, 0.4) is 0 Å². The molecule has 0 aliphatic heterocycles. The Morgan fingerprint density at radius 2 is 1.54 bits per heavy atom. The number of hydrogen-bond acceptors (Lipinski definition) is 7. The van der Waals surface area contributed by atoms with Crippen molar-refractivity contribution in [2.24, 2.45) is 0 Å². The molecule has 0 saturated carbocycles. The van der Waals surface area contributed by atoms with Gasteiger partial charge in [-0.15, -0.1) is 6.54 Å². The van der Waals surface area contributed by atoms with Gasteiger partial charge in [-0.3, -0.25) is 0 Å². The Kier molecular flexibility index (Phi) is 9.87. The summed E-state index contributed by atoms with van der Waals surface area (Å²) in [5, 5.41) is 12.1. The number of methoxy groups -OCH3 is 1. The summed E-state index contributed by atoms with van der Waals surface area (Å²) in [5.74, 6) is -1.18. The van der Waals surface area contributed by atoms with E-state index in [1.165, 1.54) is 20.2 Å². The summed E-state index contributed by atoms with van der Waals surface area (Å²) in [6.07, 6.45) is -7.81. The third-order valence-electron chi connectivity index (χ3n) is 4.56. The van der Waals surface area contributed by atoms with Gasteiger partial charge in [-0.05, 0) is 30.3 Å². The topological polar surface area (TPSA) is 130 Å². The van der Waals surface area contributed by atoms with Crippen molar-refractivity contribution in [1.29, 1.82) is 0 Å². The summed E-state index contributed by atoms with van der Waals surface area (Å²) < 4.78 is 108. The van der Waals surface area contributed by atoms with Crippen LogP contribution in [0.15, 0.2) is 53.8 Å². The second-order valence-electron chi connectivity index (χ2n) is 7.59. The molecule has 9 nitrogen and oxygen atoms in total. The minimum atomic E-state index is -4.80. The van der Waals surface area contributed by atoms with Crippen molar-refractivity contribution in [3.63, 3.8) is 0 Å². The molecular formula is C23H20F6N3O6S-. The number of aromatic carboxylic acids is 1. The second-order valence-corrected chi connectivity index (χ2v) is 9.50. The second kappa shape index (κ2) is 12.3. The van der Waals surface area contributed by atoms with Crippen LogP contribution in [0, 0.1) is 0 Å². The van der Waals surface area contributed by atoms with Crippen molar-refractivity contribution in [1.82, 2.24) is 9.97 Å². The van der Waals surface area contributed by atoms with Crippen LogP contribution < -0.4 is 9.47 Å². The third-order valence-corrected chi connectivity index (χ3v) is 5.42. The van der Waals surface area contributed by atoms with Gasteiger partial charge in [0.2, 0.25) is 20.9 Å². The fourth-order valence-electron chi connectivity index (χ4n) is 2.85. The van der Waals surface area contributed by atoms with E-state index in [9.17, 15) is 39.6 Å². The minimum absolute atomic E-state index is 0.0964. The number of hydrogen-bond donors (Lipinski definition) is 1. The number of benzene rings is 2. The molecule has 0 unspecified atom stereocenters. The standard InChI is InChI=1S/C13H12N2O6S.C10H8F6N/c1-20-9-5-3-4-6-10(9)21-11-8(12(16)17)7-14-13(15-11)22(2,18)19;1-17-5-6-2-7(9(11,12)13)4-8(3-6)10(14,15)16/h3-7H,1-2H3,(H,16,17);2-4H,5H2,1H3/q;-1. The highest BCUT2D eigenvalue weighted by Gasteiger charge is 2.36. The van der Waals surface area contributed by atoms with Crippen LogP contribution in [0.2, 0.25) is 0 Å². The molecule has 2 aromatic carbocycles. The van der Waals surface area contributed by atoms with Gasteiger partial charge < -0.3 is 19.9 Å². The van der Waals surface area contributed by atoms with Crippen molar-refractivity contribution in [3.05, 3.63) is 76.2 Å². The molecule has 0 radical (unpaired) electrons. The van der Waals surface area contributed by atoms with Crippen LogP contribution >= 0.6 is 0 Å². The predicted molar refractivity (Wildman–Crippen MR) is 125 cm³/mol. The first kappa shape index (κ1) is 31.3. The fourth-order valence-corrected chi connectivity index (χ4v) is 3.35. The van der Waals surface area contributed by atoms with Gasteiger partial charge in [0.1, 0.15) is 5.56 Å². The lowest BCUT2D eigenvalue weighted by Crippen LogP contribution is -2.11. The largest absolute Gasteiger partial charge is 0.661 e. The van der Waals surface area contributed by atoms with Gasteiger partial charge in [0.05, 0.1) is 24.4 Å². The Morgan fingerprint density at radius 3 is 1.97 bits per heavy atom. The molecule has 3 rings (SSSR count). The molecule has 0 atom stereocenters. The number of sulfone groups is 1. The number of para-hydroxylation sites is 2. The summed E-state index contributed by atoms with van der Waals surface area (Å²) in [5.41, 5.74) is -3.11. The van der Waals surface area contributed by atoms with Crippen molar-refractivity contribution in [2.75, 3.05) is 20.4 Å². The third kappa shape index (κ3) is 8.81. The number of alkyl halides is 6. The molecule has 39 heavy (non-hydrogen) atoms. The Labute approximate surface area is 218 Å². The minimum Gasteiger partial charge on any atom is -0.661 e. The Hall–Kier alpha value is -3.92. The molecule has 3 aromatic rings. The van der Waals surface area contributed by atoms with E-state index in [4.69, 9.17) is 14.6 Å². The lowest BCUT2D eigenvalue weighted by Gasteiger charge is -2.17. The molecule has 0 amide bonds. The van der Waals surface area contributed by atoms with Crippen LogP contribution in [0.25, 0.3) is 5.32 Å². The monoisotopic (exact) mass is 580 g/mol. The van der Waals surface area contributed by atoms with Crippen LogP contribution in [-0.2, 0) is 28.7 Å². The highest BCUT2D eigenvalue weighted by Crippen LogP contribution is 2.36. The molecule has 0 aliphatic rings. The maximum absolute atomic E-state index is 12.4. The van der Waals surface area contributed by atoms with Crippen molar-refractivity contribution < 1.29 is 54.1 Å². The zero-order chi connectivity index (χ0) is 29.6. The van der Waals surface area contributed by atoms with E-state index in [1.807, 2.05) is 0 Å². The lowest BCUT2D eigenvalue weighted by atomic mass is 10.0. The summed E-state index contributed by atoms with van der Waals surface area (Å²) in [6, 6.07) is 7.92. The Bertz CT molecular complexity index is 1400. The van der Waals surface area contributed by atoms with Gasteiger partial charge in [0, 0.05) is 6.26 Å². The maximum atomic E-state index is 12.4. The smallest absolute Gasteiger partial charge is 0.416 e. The molecule has 0 saturated heterocycles. The Balaban J connectivity index is 0.000000283. The molecular weight excluding hydrogens is 560 g/mol. The number of ether oxygens (including phenoxy) is 2. The van der Waals surface area contributed by atoms with E-state index >= 15 is 0 Å². The molecule has 16 heteroatoms. The van der Waals surface area contributed by atoms with Gasteiger partial charge >= 0.3 is 18.3 Å². The van der Waals surface area contributed by atoms with E-state index in [0.29, 0.717) is 17.9 Å². The van der Waals surface area contributed by atoms with Gasteiger partial charge in [0.15, 0.2) is 11.5 Å². The number of carboxylic acids is 1. The van der Waals surface area contributed by atoms with Gasteiger partial charge in [0.25, 0.3) is 0 Å². The number of aromatic nitrogens is 2. The van der Waals surface area contributed by atoms with Crippen LogP contribution in [0.1, 0.15) is 27.0 Å². The molecule has 0 bridgehead atoms. The number of rotatable bonds is 7. The molecule has 0 fully saturated rings. The van der Waals surface area contributed by atoms with E-state index in [0.717, 1.165) is 12.5 Å². The summed E-state index contributed by atoms with van der Waals surface area (Å²) >= 11 is 0. The summed E-state index contributed by atoms with van der Waals surface area (Å²) in [4.78, 5) is 18.4. The van der Waals surface area contributed by atoms with Crippen molar-refractivity contribution >= 4 is 15.8 Å². The average Bonchev–Trinajstić information content (AvgIpc) is 2.83. The van der Waals surface area contributed by atoms with Gasteiger partial charge in [-0.2, -0.15) is 38.4 Å². The number of nitrogens with zero attached hydrogens (tertiary/aromatic N) is 3. The highest BCUT2D eigenvalue weighted by atomic mass is 32.2. The maximum Gasteiger partial charge on any atom is 0.416 e. The highest BCUT2D eigenvalue weighted by molar-refractivity contribution is 7.90. The van der Waals surface area contributed by atoms with Crippen LogP contribution in [0.4, 0.5) is 26.3 Å². The fraction of sp³-hybridized carbons (Fsp3) is 0.261. The van der Waals surface area contributed by atoms with Crippen molar-refractivity contribution in [3.8, 4) is 17.4 Å². The van der Waals surface area contributed by atoms with Crippen LogP contribution in [0.5, 0.6) is 17.4 Å². The number of carboxylic acid groups (broad SMARTS) is 1. The number of carbonyl (C=O) groups is 1. The van der Waals surface area contributed by atoms with Crippen LogP contribution in [-0.4, -0.2) is 49.9 Å². The SMILES string of the molecule is COc1ccccc1Oc1nc(S(C)(=O)=O)ncc1C(=O)O.C[N-]Cc1cc(C(F)(F)F)cc(C(F)(F)F)c1. The van der Waals surface area contributed by atoms with Gasteiger partial charge in [-0.25, -0.2) is 18.2 Å². The molecule has 1 N–H and O–H groups in total. The molecule has 0 aliphatic carbocycles. The first-order valence-corrected chi connectivity index (χ1v) is 12.3. The number of halogens is 6. The quantitative estimate of drug-likeness (QED) is 0.282. The first-order chi connectivity index (χ1) is 18.0. The average molecular weight is 580 g/mol. The zero-order valence-corrected chi connectivity index (χ0v) is 21.1. The van der Waals surface area contributed by atoms with E-state index in [2.05, 4.69) is 15.3 Å². The predicted octanol–water partition coefficient (Wildman–Crippen LogP) is 5.61. The molecule has 1 heterocycles. The van der Waals surface area contributed by atoms with Crippen molar-refractivity contribution in [2.45, 2.75) is 24.1 Å². The molecule has 1 aromatic heterocycles. The normalized spacial score (nSPS) is 11.8. The van der Waals surface area contributed by atoms with E-state index < -0.39 is 44.4 Å². The van der Waals surface area contributed by atoms with E-state index in [-0.39, 0.29) is 35.4 Å².